The van der Waals surface area contributed by atoms with E-state index in [0.717, 1.165) is 28.9 Å². The van der Waals surface area contributed by atoms with E-state index in [1.54, 1.807) is 0 Å². The zero-order valence-electron chi connectivity index (χ0n) is 9.44. The predicted molar refractivity (Wildman–Crippen MR) is 67.5 cm³/mol. The van der Waals surface area contributed by atoms with Crippen LogP contribution in [0.25, 0.3) is 5.65 Å². The van der Waals surface area contributed by atoms with E-state index < -0.39 is 0 Å². The molecule has 0 bridgehead atoms. The summed E-state index contributed by atoms with van der Waals surface area (Å²) in [6.45, 7) is 5.24. The second kappa shape index (κ2) is 4.93. The number of aromatic nitrogens is 3. The summed E-state index contributed by atoms with van der Waals surface area (Å²) in [4.78, 5) is 0. The maximum absolute atomic E-state index is 4.21. The van der Waals surface area contributed by atoms with Crippen molar-refractivity contribution < 1.29 is 0 Å². The average Bonchev–Trinajstić information content (AvgIpc) is 2.61. The van der Waals surface area contributed by atoms with E-state index >= 15 is 0 Å². The second-order valence-corrected chi connectivity index (χ2v) is 4.77. The maximum atomic E-state index is 4.21. The van der Waals surface area contributed by atoms with Crippen molar-refractivity contribution >= 4 is 21.6 Å². The van der Waals surface area contributed by atoms with Gasteiger partial charge in [0.1, 0.15) is 5.82 Å². The zero-order valence-corrected chi connectivity index (χ0v) is 11.0. The molecule has 0 fully saturated rings. The molecule has 86 valence electrons. The summed E-state index contributed by atoms with van der Waals surface area (Å²) < 4.78 is 3.06. The number of hydrogen-bond donors (Lipinski definition) is 1. The largest absolute Gasteiger partial charge is 0.314 e. The first-order chi connectivity index (χ1) is 7.70. The van der Waals surface area contributed by atoms with E-state index in [0.29, 0.717) is 6.04 Å². The number of hydrogen-bond acceptors (Lipinski definition) is 3. The highest BCUT2D eigenvalue weighted by atomic mass is 79.9. The van der Waals surface area contributed by atoms with Crippen LogP contribution in [0.3, 0.4) is 0 Å². The Morgan fingerprint density at radius 3 is 3.00 bits per heavy atom. The van der Waals surface area contributed by atoms with Gasteiger partial charge in [0.25, 0.3) is 0 Å². The standard InChI is InChI=1S/C11H15BrN4/c1-3-13-8(2)6-11-15-14-10-5-4-9(12)7-16(10)11/h4-5,7-8,13H,3,6H2,1-2H3. The Labute approximate surface area is 103 Å². The van der Waals surface area contributed by atoms with Gasteiger partial charge in [0.2, 0.25) is 0 Å². The van der Waals surface area contributed by atoms with Crippen LogP contribution in [0.2, 0.25) is 0 Å². The SMILES string of the molecule is CCNC(C)Cc1nnc2ccc(Br)cn12. The molecule has 0 aliphatic heterocycles. The van der Waals surface area contributed by atoms with Gasteiger partial charge in [0.15, 0.2) is 5.65 Å². The predicted octanol–water partition coefficient (Wildman–Crippen LogP) is 2.03. The smallest absolute Gasteiger partial charge is 0.160 e. The summed E-state index contributed by atoms with van der Waals surface area (Å²) in [6, 6.07) is 4.34. The van der Waals surface area contributed by atoms with Gasteiger partial charge in [-0.25, -0.2) is 0 Å². The highest BCUT2D eigenvalue weighted by Gasteiger charge is 2.09. The first-order valence-electron chi connectivity index (χ1n) is 5.43. The van der Waals surface area contributed by atoms with Crippen LogP contribution >= 0.6 is 15.9 Å². The van der Waals surface area contributed by atoms with E-state index in [9.17, 15) is 0 Å². The van der Waals surface area contributed by atoms with Crippen LogP contribution in [0, 0.1) is 0 Å². The van der Waals surface area contributed by atoms with Gasteiger partial charge < -0.3 is 5.32 Å². The van der Waals surface area contributed by atoms with Crippen LogP contribution in [0.15, 0.2) is 22.8 Å². The number of rotatable bonds is 4. The summed E-state index contributed by atoms with van der Waals surface area (Å²) in [5.41, 5.74) is 0.891. The molecule has 0 saturated heterocycles. The number of nitrogens with one attached hydrogen (secondary N) is 1. The number of likely N-dealkylation sites (N-methyl/N-ethyl adjacent to an activating group) is 1. The minimum absolute atomic E-state index is 0.413. The molecule has 0 amide bonds. The van der Waals surface area contributed by atoms with Gasteiger partial charge in [-0.05, 0) is 41.5 Å². The fourth-order valence-corrected chi connectivity index (χ4v) is 2.08. The average molecular weight is 283 g/mol. The molecule has 0 spiro atoms. The molecule has 0 saturated carbocycles. The Kier molecular flexibility index (Phi) is 3.56. The first-order valence-corrected chi connectivity index (χ1v) is 6.22. The zero-order chi connectivity index (χ0) is 11.5. The van der Waals surface area contributed by atoms with E-state index in [4.69, 9.17) is 0 Å². The van der Waals surface area contributed by atoms with Crippen LogP contribution in [-0.4, -0.2) is 27.2 Å². The van der Waals surface area contributed by atoms with Crippen molar-refractivity contribution in [2.45, 2.75) is 26.3 Å². The Bertz CT molecular complexity index is 480. The molecule has 0 aromatic carbocycles. The van der Waals surface area contributed by atoms with Crippen molar-refractivity contribution in [2.24, 2.45) is 0 Å². The van der Waals surface area contributed by atoms with Crippen LogP contribution < -0.4 is 5.32 Å². The molecule has 2 heterocycles. The molecule has 2 aromatic rings. The molecular weight excluding hydrogens is 268 g/mol. The van der Waals surface area contributed by atoms with Crippen molar-refractivity contribution in [3.8, 4) is 0 Å². The molecule has 1 unspecified atom stereocenters. The van der Waals surface area contributed by atoms with Crippen LogP contribution in [0.5, 0.6) is 0 Å². The van der Waals surface area contributed by atoms with Crippen molar-refractivity contribution in [3.63, 3.8) is 0 Å². The fourth-order valence-electron chi connectivity index (χ4n) is 1.75. The summed E-state index contributed by atoms with van der Waals surface area (Å²) in [5.74, 6) is 0.991. The number of nitrogens with zero attached hydrogens (tertiary/aromatic N) is 3. The number of pyridine rings is 1. The van der Waals surface area contributed by atoms with E-state index in [1.807, 2.05) is 22.7 Å². The van der Waals surface area contributed by atoms with E-state index in [-0.39, 0.29) is 0 Å². The van der Waals surface area contributed by atoms with E-state index in [1.165, 1.54) is 0 Å². The minimum Gasteiger partial charge on any atom is -0.314 e. The molecule has 5 heteroatoms. The summed E-state index contributed by atoms with van der Waals surface area (Å²) >= 11 is 3.46. The van der Waals surface area contributed by atoms with Gasteiger partial charge >= 0.3 is 0 Å². The highest BCUT2D eigenvalue weighted by molar-refractivity contribution is 9.10. The molecule has 0 aliphatic rings. The highest BCUT2D eigenvalue weighted by Crippen LogP contribution is 2.12. The fraction of sp³-hybridized carbons (Fsp3) is 0.455. The van der Waals surface area contributed by atoms with Gasteiger partial charge in [-0.1, -0.05) is 6.92 Å². The molecule has 1 N–H and O–H groups in total. The monoisotopic (exact) mass is 282 g/mol. The second-order valence-electron chi connectivity index (χ2n) is 3.85. The normalized spacial score (nSPS) is 13.2. The summed E-state index contributed by atoms with van der Waals surface area (Å²) in [5, 5.41) is 11.7. The lowest BCUT2D eigenvalue weighted by Crippen LogP contribution is -2.28. The third-order valence-electron chi connectivity index (χ3n) is 2.48. The molecule has 1 atom stereocenters. The Morgan fingerprint density at radius 2 is 2.25 bits per heavy atom. The first kappa shape index (κ1) is 11.5. The molecule has 0 aliphatic carbocycles. The van der Waals surface area contributed by atoms with Gasteiger partial charge in [-0.15, -0.1) is 10.2 Å². The maximum Gasteiger partial charge on any atom is 0.160 e. The van der Waals surface area contributed by atoms with Gasteiger partial charge in [0.05, 0.1) is 0 Å². The number of fused-ring (bicyclic) bond motifs is 1. The Balaban J connectivity index is 2.27. The quantitative estimate of drug-likeness (QED) is 0.933. The van der Waals surface area contributed by atoms with E-state index in [2.05, 4.69) is 45.3 Å². The molecule has 0 radical (unpaired) electrons. The van der Waals surface area contributed by atoms with Crippen LogP contribution in [-0.2, 0) is 6.42 Å². The van der Waals surface area contributed by atoms with Gasteiger partial charge in [0, 0.05) is 23.1 Å². The lowest BCUT2D eigenvalue weighted by molar-refractivity contribution is 0.550. The number of halogens is 1. The van der Waals surface area contributed by atoms with Crippen LogP contribution in [0.4, 0.5) is 0 Å². The Hall–Kier alpha value is -0.940. The minimum atomic E-state index is 0.413. The third-order valence-corrected chi connectivity index (χ3v) is 2.95. The van der Waals surface area contributed by atoms with Crippen molar-refractivity contribution in [1.82, 2.24) is 19.9 Å². The topological polar surface area (TPSA) is 42.2 Å². The van der Waals surface area contributed by atoms with Crippen molar-refractivity contribution in [3.05, 3.63) is 28.6 Å². The molecule has 2 rings (SSSR count). The third kappa shape index (κ3) is 2.41. The molecular formula is C11H15BrN4. The molecule has 2 aromatic heterocycles. The lowest BCUT2D eigenvalue weighted by Gasteiger charge is -2.10. The lowest BCUT2D eigenvalue weighted by atomic mass is 10.2. The molecule has 16 heavy (non-hydrogen) atoms. The summed E-state index contributed by atoms with van der Waals surface area (Å²) in [7, 11) is 0. The summed E-state index contributed by atoms with van der Waals surface area (Å²) in [6.07, 6.45) is 2.88. The Morgan fingerprint density at radius 1 is 1.44 bits per heavy atom. The van der Waals surface area contributed by atoms with Crippen molar-refractivity contribution in [2.75, 3.05) is 6.54 Å². The van der Waals surface area contributed by atoms with Gasteiger partial charge in [-0.3, -0.25) is 4.40 Å². The van der Waals surface area contributed by atoms with Crippen LogP contribution in [0.1, 0.15) is 19.7 Å². The van der Waals surface area contributed by atoms with Crippen molar-refractivity contribution in [1.29, 1.82) is 0 Å². The molecule has 4 nitrogen and oxygen atoms in total. The van der Waals surface area contributed by atoms with Gasteiger partial charge in [-0.2, -0.15) is 0 Å².